The van der Waals surface area contributed by atoms with E-state index in [9.17, 15) is 63.1 Å². The van der Waals surface area contributed by atoms with Gasteiger partial charge in [0.2, 0.25) is 7.57 Å². The summed E-state index contributed by atoms with van der Waals surface area (Å²) in [6, 6.07) is 1.82. The smallest absolute Gasteiger partial charge is 0.387 e. The molecule has 10 atom stereocenters. The molecule has 30 heteroatoms. The summed E-state index contributed by atoms with van der Waals surface area (Å²) < 4.78 is 66.3. The third-order valence-electron chi connectivity index (χ3n) is 13.6. The number of aliphatic hydroxyl groups excluding tert-OH is 4. The molecule has 2 aliphatic rings. The molecule has 2 aromatic rings. The number of phosphoric ester groups is 2. The number of H-pyrrole nitrogens is 2. The van der Waals surface area contributed by atoms with Crippen molar-refractivity contribution in [3.05, 3.63) is 66.2 Å². The highest BCUT2D eigenvalue weighted by Crippen LogP contribution is 2.67. The summed E-state index contributed by atoms with van der Waals surface area (Å²) >= 11 is 0. The van der Waals surface area contributed by atoms with E-state index in [-0.39, 0.29) is 0 Å². The fraction of sp³-hybridized carbons (Fsp3) is 0.852. The molecule has 0 saturated carbocycles. The standard InChI is InChI=1S/C18H24BN4O19P3.3C12H27N/c19-43(32,41-44(33,34)37-5-7-11(26)13(28)15(39-7)22-3-1-9(24)20-17(22)30)42-45(35,36)38-6-8-12(27)14(29)16(40-8)23-4-2-10(25)21-18(23)31;3*1-4-7-10-13(11-8-5-2)12-9-6-3/h1-4,7-8,11-16,26-29H,5-6H2,(H,33,34)(H,35,36)(H,20,24,30)(H,21,25,31);3*4-12H2,1-3H3. The zero-order valence-electron chi connectivity index (χ0n) is 51.6. The van der Waals surface area contributed by atoms with E-state index in [2.05, 4.69) is 94.7 Å². The molecule has 2 fully saturated rings. The molecule has 84 heavy (non-hydrogen) atoms. The first-order valence-corrected chi connectivity index (χ1v) is 35.0. The van der Waals surface area contributed by atoms with Crippen LogP contribution in [0.15, 0.2) is 43.7 Å². The Bertz CT molecular complexity index is 2200. The van der Waals surface area contributed by atoms with Gasteiger partial charge in [-0.2, -0.15) is 0 Å². The third-order valence-corrected chi connectivity index (χ3v) is 18.0. The van der Waals surface area contributed by atoms with Crippen LogP contribution in [0.2, 0.25) is 0 Å². The van der Waals surface area contributed by atoms with Crippen LogP contribution < -0.4 is 22.5 Å². The first-order chi connectivity index (χ1) is 39.8. The van der Waals surface area contributed by atoms with Crippen LogP contribution >= 0.6 is 23.1 Å². The average molecular weight is 1260 g/mol. The molecule has 0 spiro atoms. The number of rotatable bonds is 39. The summed E-state index contributed by atoms with van der Waals surface area (Å²) in [5.41, 5.74) is -3.59. The van der Waals surface area contributed by atoms with Crippen LogP contribution in [0.1, 0.15) is 190 Å². The minimum Gasteiger partial charge on any atom is -0.387 e. The van der Waals surface area contributed by atoms with Crippen molar-refractivity contribution in [3.8, 4) is 0 Å². The third kappa shape index (κ3) is 32.1. The Morgan fingerprint density at radius 1 is 0.464 bits per heavy atom. The van der Waals surface area contributed by atoms with Crippen LogP contribution in [0.4, 0.5) is 0 Å². The zero-order chi connectivity index (χ0) is 63.3. The molecule has 488 valence electrons. The molecule has 0 bridgehead atoms. The Kier molecular flexibility index (Phi) is 41.7. The maximum absolute atomic E-state index is 12.4. The van der Waals surface area contributed by atoms with E-state index in [4.69, 9.17) is 17.0 Å². The maximum atomic E-state index is 12.4. The van der Waals surface area contributed by atoms with Crippen molar-refractivity contribution in [2.24, 2.45) is 0 Å². The van der Waals surface area contributed by atoms with Crippen LogP contribution in [0.25, 0.3) is 0 Å². The van der Waals surface area contributed by atoms with Gasteiger partial charge in [0.25, 0.3) is 18.6 Å². The van der Waals surface area contributed by atoms with Gasteiger partial charge in [0.1, 0.15) is 36.6 Å². The molecule has 10 unspecified atom stereocenters. The normalized spacial score (nSPS) is 22.5. The molecule has 4 rings (SSSR count). The largest absolute Gasteiger partial charge is 0.478 e. The van der Waals surface area contributed by atoms with Gasteiger partial charge in [0.15, 0.2) is 12.5 Å². The van der Waals surface area contributed by atoms with Gasteiger partial charge in [-0.05, 0) is 117 Å². The number of aliphatic hydroxyl groups is 4. The molecule has 4 heterocycles. The van der Waals surface area contributed by atoms with Crippen molar-refractivity contribution in [1.29, 1.82) is 0 Å². The topological polar surface area (TPSA) is 347 Å². The Labute approximate surface area is 499 Å². The first kappa shape index (κ1) is 79.5. The van der Waals surface area contributed by atoms with Crippen LogP contribution in [0, 0.1) is 0 Å². The summed E-state index contributed by atoms with van der Waals surface area (Å²) in [5, 5.41) is 40.8. The van der Waals surface area contributed by atoms with Crippen LogP contribution in [-0.4, -0.2) is 180 Å². The van der Waals surface area contributed by atoms with Gasteiger partial charge in [-0.1, -0.05) is 120 Å². The van der Waals surface area contributed by atoms with Crippen molar-refractivity contribution in [2.45, 2.75) is 227 Å². The number of aromatic amines is 2. The van der Waals surface area contributed by atoms with Crippen LogP contribution in [0.3, 0.4) is 0 Å². The fourth-order valence-electron chi connectivity index (χ4n) is 8.58. The quantitative estimate of drug-likeness (QED) is 0.0248. The lowest BCUT2D eigenvalue weighted by atomic mass is 10.1. The highest BCUT2D eigenvalue weighted by molar-refractivity contribution is 7.86. The lowest BCUT2D eigenvalue weighted by Crippen LogP contribution is -2.37. The minimum absolute atomic E-state index is 0.699. The minimum atomic E-state index is -5.56. The van der Waals surface area contributed by atoms with E-state index < -0.39 is 108 Å². The molecule has 2 saturated heterocycles. The number of nitrogens with one attached hydrogen (secondary N) is 2. The molecule has 2 radical (unpaired) electrons. The number of ether oxygens (including phenoxy) is 2. The van der Waals surface area contributed by atoms with E-state index in [1.54, 1.807) is 0 Å². The highest BCUT2D eigenvalue weighted by atomic mass is 31.3. The van der Waals surface area contributed by atoms with Gasteiger partial charge in [-0.25, -0.2) is 27.3 Å². The maximum Gasteiger partial charge on any atom is 0.478 e. The Hall–Kier alpha value is -2.49. The first-order valence-electron chi connectivity index (χ1n) is 30.4. The number of hydrogen-bond acceptors (Lipinski definition) is 20. The second-order valence-corrected chi connectivity index (χ2v) is 25.8. The molecule has 2 aromatic heterocycles. The zero-order valence-corrected chi connectivity index (χ0v) is 54.3. The molecule has 0 aromatic carbocycles. The number of hydrogen-bond donors (Lipinski definition) is 8. The number of phosphoric acid groups is 2. The van der Waals surface area contributed by atoms with E-state index in [1.807, 2.05) is 9.97 Å². The van der Waals surface area contributed by atoms with Gasteiger partial charge in [-0.3, -0.25) is 42.3 Å². The summed E-state index contributed by atoms with van der Waals surface area (Å²) in [4.78, 5) is 77.9. The molecule has 8 N–H and O–H groups in total. The Morgan fingerprint density at radius 2 is 0.702 bits per heavy atom. The molecular formula is C54H105BN7O19P3. The van der Waals surface area contributed by atoms with Crippen LogP contribution in [0.5, 0.6) is 0 Å². The summed E-state index contributed by atoms with van der Waals surface area (Å²) in [7, 11) is -11.5. The Morgan fingerprint density at radius 3 is 0.917 bits per heavy atom. The summed E-state index contributed by atoms with van der Waals surface area (Å²) in [6.07, 6.45) is 12.4. The molecule has 26 nitrogen and oxygen atoms in total. The van der Waals surface area contributed by atoms with Crippen molar-refractivity contribution in [3.63, 3.8) is 0 Å². The summed E-state index contributed by atoms with van der Waals surface area (Å²) in [6.45, 7) is 30.2. The van der Waals surface area contributed by atoms with Crippen molar-refractivity contribution in [1.82, 2.24) is 33.8 Å². The van der Waals surface area contributed by atoms with E-state index in [0.29, 0.717) is 9.13 Å². The second kappa shape index (κ2) is 44.0. The highest BCUT2D eigenvalue weighted by Gasteiger charge is 2.48. The van der Waals surface area contributed by atoms with Gasteiger partial charge in [-0.15, -0.1) is 0 Å². The number of unbranched alkanes of at least 4 members (excludes halogenated alkanes) is 9. The molecule has 2 aliphatic heterocycles. The lowest BCUT2D eigenvalue weighted by molar-refractivity contribution is -0.0545. The summed E-state index contributed by atoms with van der Waals surface area (Å²) in [5.74, 6) is 0. The predicted octanol–water partition coefficient (Wildman–Crippen LogP) is 6.94. The van der Waals surface area contributed by atoms with Gasteiger partial charge in [0.05, 0.1) is 13.2 Å². The van der Waals surface area contributed by atoms with Gasteiger partial charge >= 0.3 is 27.0 Å². The number of aromatic nitrogens is 4. The molecule has 0 aliphatic carbocycles. The number of nitrogens with zero attached hydrogens (tertiary/aromatic N) is 5. The Balaban J connectivity index is 0.000000730. The predicted molar refractivity (Wildman–Crippen MR) is 325 cm³/mol. The molecule has 0 amide bonds. The van der Waals surface area contributed by atoms with Crippen molar-refractivity contribution >= 4 is 30.7 Å². The van der Waals surface area contributed by atoms with Crippen LogP contribution in [-0.2, 0) is 40.8 Å². The fourth-order valence-corrected chi connectivity index (χ4v) is 12.3. The van der Waals surface area contributed by atoms with Gasteiger partial charge < -0.3 is 54.4 Å². The van der Waals surface area contributed by atoms with E-state index in [0.717, 1.165) is 24.5 Å². The average Bonchev–Trinajstić information content (AvgIpc) is 3.05. The van der Waals surface area contributed by atoms with Crippen molar-refractivity contribution < 1.29 is 71.1 Å². The second-order valence-electron chi connectivity index (χ2n) is 21.1. The SMILES string of the molecule is CCCCN(CCCC)CCCC.CCCCN(CCCC)CCCC.CCCCN(CCCC)CCCC.[B]P(=O)(OP(=O)(O)OCC1OC(n2ccc(=O)[nH]c2=O)C(O)C1O)OP(=O)(O)OCC1OC(n2ccc(=O)[nH]c2=O)C(O)C1O. The van der Waals surface area contributed by atoms with E-state index >= 15 is 0 Å². The van der Waals surface area contributed by atoms with Crippen molar-refractivity contribution in [2.75, 3.05) is 72.1 Å². The monoisotopic (exact) mass is 1260 g/mol. The molecular weight excluding hydrogens is 1150 g/mol. The van der Waals surface area contributed by atoms with Gasteiger partial charge in [0, 0.05) is 24.5 Å². The van der Waals surface area contributed by atoms with E-state index in [1.165, 1.54) is 174 Å². The lowest BCUT2D eigenvalue weighted by Gasteiger charge is -2.23.